The molecule has 0 radical (unpaired) electrons. The molecule has 2 aliphatic rings. The number of hydrogen-bond donors (Lipinski definition) is 0. The van der Waals surface area contributed by atoms with Crippen molar-refractivity contribution in [3.8, 4) is 0 Å². The fourth-order valence-electron chi connectivity index (χ4n) is 5.77. The molecule has 2 aliphatic heterocycles. The van der Waals surface area contributed by atoms with Crippen LogP contribution in [0.1, 0.15) is 37.1 Å². The van der Waals surface area contributed by atoms with Gasteiger partial charge < -0.3 is 9.47 Å². The van der Waals surface area contributed by atoms with E-state index in [0.717, 1.165) is 38.2 Å². The molecule has 4 aromatic rings. The number of rotatable bonds is 7. The highest BCUT2D eigenvalue weighted by Crippen LogP contribution is 2.29. The zero-order chi connectivity index (χ0) is 26.8. The molecule has 0 aliphatic carbocycles. The first-order valence-electron chi connectivity index (χ1n) is 13.4. The molecular weight excluding hydrogens is 518 g/mol. The van der Waals surface area contributed by atoms with Crippen LogP contribution in [0.5, 0.6) is 0 Å². The van der Waals surface area contributed by atoms with Crippen LogP contribution in [0.3, 0.4) is 0 Å². The van der Waals surface area contributed by atoms with Crippen molar-refractivity contribution in [2.24, 2.45) is 11.8 Å². The number of piperidine rings is 2. The summed E-state index contributed by atoms with van der Waals surface area (Å²) in [5, 5.41) is 16.0. The SMILES string of the molecule is O=C(C1CCN(S(=O)(=O)c2cccc3nonc23)CC1)N1CCCC(Cc2nncn2Cc2ccccc2)C1. The Balaban J connectivity index is 1.06. The lowest BCUT2D eigenvalue weighted by atomic mass is 9.91. The summed E-state index contributed by atoms with van der Waals surface area (Å²) in [7, 11) is -3.77. The Morgan fingerprint density at radius 3 is 2.62 bits per heavy atom. The predicted octanol–water partition coefficient (Wildman–Crippen LogP) is 2.74. The molecule has 2 aromatic heterocycles. The molecule has 2 fully saturated rings. The van der Waals surface area contributed by atoms with Gasteiger partial charge in [0.15, 0.2) is 5.52 Å². The van der Waals surface area contributed by atoms with Gasteiger partial charge in [-0.3, -0.25) is 4.79 Å². The minimum Gasteiger partial charge on any atom is -0.342 e. The van der Waals surface area contributed by atoms with Crippen molar-refractivity contribution < 1.29 is 17.8 Å². The third-order valence-corrected chi connectivity index (χ3v) is 9.79. The monoisotopic (exact) mass is 549 g/mol. The van der Waals surface area contributed by atoms with E-state index in [1.807, 2.05) is 23.1 Å². The van der Waals surface area contributed by atoms with Crippen molar-refractivity contribution in [1.29, 1.82) is 0 Å². The summed E-state index contributed by atoms with van der Waals surface area (Å²) in [6.07, 6.45) is 5.54. The van der Waals surface area contributed by atoms with Crippen molar-refractivity contribution in [1.82, 2.24) is 34.3 Å². The van der Waals surface area contributed by atoms with Crippen molar-refractivity contribution in [3.63, 3.8) is 0 Å². The molecule has 2 aromatic carbocycles. The van der Waals surface area contributed by atoms with Crippen molar-refractivity contribution in [2.45, 2.75) is 43.5 Å². The molecule has 0 spiro atoms. The van der Waals surface area contributed by atoms with E-state index in [1.165, 1.54) is 15.9 Å². The van der Waals surface area contributed by atoms with Crippen LogP contribution in [0.4, 0.5) is 0 Å². The third kappa shape index (κ3) is 5.30. The van der Waals surface area contributed by atoms with Gasteiger partial charge in [0.25, 0.3) is 0 Å². The number of amides is 1. The maximum absolute atomic E-state index is 13.5. The number of nitrogens with zero attached hydrogens (tertiary/aromatic N) is 7. The Morgan fingerprint density at radius 1 is 0.974 bits per heavy atom. The molecule has 39 heavy (non-hydrogen) atoms. The standard InChI is InChI=1S/C27H31N7O4S/c35-27(22-11-14-34(15-12-22)39(36,37)24-10-4-9-23-26(24)31-38-30-23)32-13-5-8-21(18-32)16-25-29-28-19-33(25)17-20-6-2-1-3-7-20/h1-4,6-7,9-10,19,21-22H,5,8,11-18H2. The van der Waals surface area contributed by atoms with Gasteiger partial charge in [-0.1, -0.05) is 36.4 Å². The van der Waals surface area contributed by atoms with Gasteiger partial charge in [0.05, 0.1) is 6.54 Å². The van der Waals surface area contributed by atoms with Crippen LogP contribution in [0.2, 0.25) is 0 Å². The molecular formula is C27H31N7O4S. The van der Waals surface area contributed by atoms with Crippen LogP contribution in [0.25, 0.3) is 11.0 Å². The average Bonchev–Trinajstić information content (AvgIpc) is 3.63. The minimum atomic E-state index is -3.77. The third-order valence-electron chi connectivity index (χ3n) is 7.86. The molecule has 6 rings (SSSR count). The fraction of sp³-hybridized carbons (Fsp3) is 0.444. The first-order chi connectivity index (χ1) is 19.0. The van der Waals surface area contributed by atoms with Crippen molar-refractivity contribution in [2.75, 3.05) is 26.2 Å². The maximum Gasteiger partial charge on any atom is 0.245 e. The highest BCUT2D eigenvalue weighted by atomic mass is 32.2. The van der Waals surface area contributed by atoms with E-state index in [4.69, 9.17) is 4.63 Å². The summed E-state index contributed by atoms with van der Waals surface area (Å²) < 4.78 is 34.9. The van der Waals surface area contributed by atoms with Gasteiger partial charge in [-0.15, -0.1) is 10.2 Å². The normalized spacial score (nSPS) is 19.5. The van der Waals surface area contributed by atoms with Crippen LogP contribution < -0.4 is 0 Å². The van der Waals surface area contributed by atoms with Crippen molar-refractivity contribution >= 4 is 27.0 Å². The first-order valence-corrected chi connectivity index (χ1v) is 14.8. The Kier molecular flexibility index (Phi) is 7.13. The number of carbonyl (C=O) groups is 1. The Morgan fingerprint density at radius 2 is 1.79 bits per heavy atom. The smallest absolute Gasteiger partial charge is 0.245 e. The number of fused-ring (bicyclic) bond motifs is 1. The van der Waals surface area contributed by atoms with E-state index in [-0.39, 0.29) is 22.2 Å². The van der Waals surface area contributed by atoms with E-state index in [0.29, 0.717) is 43.9 Å². The molecule has 0 saturated carbocycles. The zero-order valence-corrected chi connectivity index (χ0v) is 22.4. The zero-order valence-electron chi connectivity index (χ0n) is 21.6. The Labute approximate surface area is 226 Å². The second-order valence-corrected chi connectivity index (χ2v) is 12.3. The van der Waals surface area contributed by atoms with E-state index >= 15 is 0 Å². The minimum absolute atomic E-state index is 0.0880. The largest absolute Gasteiger partial charge is 0.342 e. The molecule has 0 N–H and O–H groups in total. The van der Waals surface area contributed by atoms with Crippen LogP contribution in [-0.2, 0) is 27.8 Å². The Hall–Kier alpha value is -3.64. The molecule has 1 atom stereocenters. The van der Waals surface area contributed by atoms with Gasteiger partial charge in [-0.2, -0.15) is 4.31 Å². The number of carbonyl (C=O) groups excluding carboxylic acids is 1. The van der Waals surface area contributed by atoms with Crippen molar-refractivity contribution in [3.05, 3.63) is 66.2 Å². The number of likely N-dealkylation sites (tertiary alicyclic amines) is 1. The average molecular weight is 550 g/mol. The summed E-state index contributed by atoms with van der Waals surface area (Å²) in [6.45, 7) is 2.74. The molecule has 1 amide bonds. The second-order valence-electron chi connectivity index (χ2n) is 10.4. The number of hydrogen-bond acceptors (Lipinski definition) is 8. The molecule has 204 valence electrons. The topological polar surface area (TPSA) is 127 Å². The van der Waals surface area contributed by atoms with Crippen LogP contribution >= 0.6 is 0 Å². The lowest BCUT2D eigenvalue weighted by Crippen LogP contribution is -2.47. The summed E-state index contributed by atoms with van der Waals surface area (Å²) in [6, 6.07) is 15.1. The summed E-state index contributed by atoms with van der Waals surface area (Å²) in [4.78, 5) is 15.5. The number of sulfonamides is 1. The van der Waals surface area contributed by atoms with Gasteiger partial charge in [-0.25, -0.2) is 13.0 Å². The van der Waals surface area contributed by atoms with Crippen LogP contribution in [0.15, 0.2) is 64.4 Å². The van der Waals surface area contributed by atoms with Gasteiger partial charge >= 0.3 is 0 Å². The lowest BCUT2D eigenvalue weighted by molar-refractivity contribution is -0.138. The van der Waals surface area contributed by atoms with Gasteiger partial charge in [-0.05, 0) is 59.6 Å². The highest BCUT2D eigenvalue weighted by Gasteiger charge is 2.36. The summed E-state index contributed by atoms with van der Waals surface area (Å²) in [5.41, 5.74) is 1.83. The number of benzene rings is 2. The van der Waals surface area contributed by atoms with E-state index in [2.05, 4.69) is 37.2 Å². The Bertz CT molecular complexity index is 1540. The molecule has 11 nitrogen and oxygen atoms in total. The predicted molar refractivity (Wildman–Crippen MR) is 142 cm³/mol. The second kappa shape index (κ2) is 10.9. The highest BCUT2D eigenvalue weighted by molar-refractivity contribution is 7.89. The summed E-state index contributed by atoms with van der Waals surface area (Å²) >= 11 is 0. The first kappa shape index (κ1) is 25.6. The molecule has 1 unspecified atom stereocenters. The number of aromatic nitrogens is 5. The van der Waals surface area contributed by atoms with E-state index in [9.17, 15) is 13.2 Å². The van der Waals surface area contributed by atoms with Gasteiger partial charge in [0, 0.05) is 38.5 Å². The molecule has 4 heterocycles. The lowest BCUT2D eigenvalue weighted by Gasteiger charge is -2.37. The molecule has 12 heteroatoms. The molecule has 2 saturated heterocycles. The molecule has 0 bridgehead atoms. The van der Waals surface area contributed by atoms with Crippen LogP contribution in [0, 0.1) is 11.8 Å². The van der Waals surface area contributed by atoms with Crippen LogP contribution in [-0.4, -0.2) is 74.8 Å². The fourth-order valence-corrected chi connectivity index (χ4v) is 7.38. The quantitative estimate of drug-likeness (QED) is 0.344. The van der Waals surface area contributed by atoms with E-state index < -0.39 is 10.0 Å². The summed E-state index contributed by atoms with van der Waals surface area (Å²) in [5.74, 6) is 1.21. The maximum atomic E-state index is 13.5. The van der Waals surface area contributed by atoms with E-state index in [1.54, 1.807) is 18.5 Å². The van der Waals surface area contributed by atoms with Gasteiger partial charge in [0.2, 0.25) is 15.9 Å². The van der Waals surface area contributed by atoms with Gasteiger partial charge in [0.1, 0.15) is 22.6 Å².